The topological polar surface area (TPSA) is 54.5 Å². The molecule has 0 aliphatic carbocycles. The third kappa shape index (κ3) is 4.28. The van der Waals surface area contributed by atoms with E-state index in [0.717, 1.165) is 15.2 Å². The van der Waals surface area contributed by atoms with E-state index in [4.69, 9.17) is 0 Å². The highest BCUT2D eigenvalue weighted by molar-refractivity contribution is 9.10. The van der Waals surface area contributed by atoms with E-state index in [0.29, 0.717) is 5.56 Å². The van der Waals surface area contributed by atoms with Gasteiger partial charge in [-0.15, -0.1) is 0 Å². The zero-order valence-corrected chi connectivity index (χ0v) is 14.2. The molecule has 1 amide bonds. The average molecular weight is 370 g/mol. The lowest BCUT2D eigenvalue weighted by molar-refractivity contribution is 0.0803. The summed E-state index contributed by atoms with van der Waals surface area (Å²) in [6.45, 7) is 0.191. The first-order valence-corrected chi connectivity index (χ1v) is 9.24. The number of hydrogen-bond acceptors (Lipinski definition) is 3. The number of carbonyl (C=O) groups is 1. The fourth-order valence-electron chi connectivity index (χ4n) is 1.97. The number of benzene rings is 2. The van der Waals surface area contributed by atoms with Crippen LogP contribution in [0.1, 0.15) is 10.4 Å². The maximum absolute atomic E-state index is 12.3. The number of amides is 1. The number of nitrogens with zero attached hydrogens (tertiary/aromatic N) is 1. The summed E-state index contributed by atoms with van der Waals surface area (Å²) in [5.41, 5.74) is 0.556. The fraction of sp³-hybridized carbons (Fsp3) is 0.267. The van der Waals surface area contributed by atoms with Crippen LogP contribution in [0.5, 0.6) is 0 Å². The Balaban J connectivity index is 2.21. The highest BCUT2D eigenvalue weighted by Crippen LogP contribution is 2.21. The van der Waals surface area contributed by atoms with Crippen LogP contribution in [0.4, 0.5) is 0 Å². The maximum Gasteiger partial charge on any atom is 0.253 e. The van der Waals surface area contributed by atoms with Crippen molar-refractivity contribution in [3.8, 4) is 0 Å². The monoisotopic (exact) mass is 369 g/mol. The second kappa shape index (κ2) is 6.15. The summed E-state index contributed by atoms with van der Waals surface area (Å²) in [4.78, 5) is 13.7. The lowest BCUT2D eigenvalue weighted by Crippen LogP contribution is -2.31. The predicted octanol–water partition coefficient (Wildman–Crippen LogP) is 2.72. The van der Waals surface area contributed by atoms with Gasteiger partial charge in [-0.25, -0.2) is 8.42 Å². The smallest absolute Gasteiger partial charge is 0.253 e. The minimum absolute atomic E-state index is 0.0320. The van der Waals surface area contributed by atoms with Gasteiger partial charge in [-0.05, 0) is 35.0 Å². The minimum Gasteiger partial charge on any atom is -0.341 e. The molecule has 4 nitrogen and oxygen atoms in total. The second-order valence-electron chi connectivity index (χ2n) is 5.06. The lowest BCUT2D eigenvalue weighted by atomic mass is 10.1. The van der Waals surface area contributed by atoms with Crippen molar-refractivity contribution in [2.24, 2.45) is 0 Å². The first-order valence-electron chi connectivity index (χ1n) is 6.39. The standard InChI is InChI=1S/C15H16BrNO3S/c1-17(7-8-21(2,19)20)15(18)13-4-3-12-10-14(16)6-5-11(12)9-13/h3-6,9-10H,7-8H2,1-2H3. The van der Waals surface area contributed by atoms with Gasteiger partial charge in [-0.2, -0.15) is 0 Å². The number of hydrogen-bond donors (Lipinski definition) is 0. The molecule has 0 saturated carbocycles. The Morgan fingerprint density at radius 3 is 2.43 bits per heavy atom. The van der Waals surface area contributed by atoms with E-state index < -0.39 is 9.84 Å². The van der Waals surface area contributed by atoms with Crippen LogP contribution in [-0.2, 0) is 9.84 Å². The Bertz CT molecular complexity index is 787. The van der Waals surface area contributed by atoms with E-state index in [9.17, 15) is 13.2 Å². The summed E-state index contributed by atoms with van der Waals surface area (Å²) in [6, 6.07) is 11.3. The highest BCUT2D eigenvalue weighted by Gasteiger charge is 2.14. The summed E-state index contributed by atoms with van der Waals surface area (Å²) < 4.78 is 23.3. The fourth-order valence-corrected chi connectivity index (χ4v) is 2.96. The largest absolute Gasteiger partial charge is 0.341 e. The third-order valence-corrected chi connectivity index (χ3v) is 4.61. The molecule has 21 heavy (non-hydrogen) atoms. The van der Waals surface area contributed by atoms with E-state index in [2.05, 4.69) is 15.9 Å². The summed E-state index contributed by atoms with van der Waals surface area (Å²) >= 11 is 3.41. The molecule has 2 aromatic carbocycles. The van der Waals surface area contributed by atoms with Gasteiger partial charge < -0.3 is 4.90 Å². The van der Waals surface area contributed by atoms with Crippen LogP contribution in [-0.4, -0.2) is 44.8 Å². The SMILES string of the molecule is CN(CCS(C)(=O)=O)C(=O)c1ccc2cc(Br)ccc2c1. The van der Waals surface area contributed by atoms with E-state index >= 15 is 0 Å². The van der Waals surface area contributed by atoms with Crippen LogP contribution >= 0.6 is 15.9 Å². The van der Waals surface area contributed by atoms with Gasteiger partial charge in [0.05, 0.1) is 5.75 Å². The summed E-state index contributed by atoms with van der Waals surface area (Å²) in [5.74, 6) is -0.209. The third-order valence-electron chi connectivity index (χ3n) is 3.19. The van der Waals surface area contributed by atoms with Crippen LogP contribution in [0, 0.1) is 0 Å². The summed E-state index contributed by atoms with van der Waals surface area (Å²) in [6.07, 6.45) is 1.17. The van der Waals surface area contributed by atoms with E-state index in [1.807, 2.05) is 30.3 Å². The van der Waals surface area contributed by atoms with E-state index in [-0.39, 0.29) is 18.2 Å². The van der Waals surface area contributed by atoms with E-state index in [1.54, 1.807) is 13.1 Å². The molecule has 2 rings (SSSR count). The Hall–Kier alpha value is -1.40. The molecule has 0 aliphatic rings. The average Bonchev–Trinajstić information content (AvgIpc) is 2.42. The molecule has 0 atom stereocenters. The molecule has 0 bridgehead atoms. The van der Waals surface area contributed by atoms with Crippen molar-refractivity contribution in [3.05, 3.63) is 46.4 Å². The van der Waals surface area contributed by atoms with Crippen LogP contribution in [0.2, 0.25) is 0 Å². The molecule has 0 fully saturated rings. The Morgan fingerprint density at radius 1 is 1.14 bits per heavy atom. The molecule has 0 aliphatic heterocycles. The second-order valence-corrected chi connectivity index (χ2v) is 8.24. The van der Waals surface area contributed by atoms with Crippen LogP contribution in [0.15, 0.2) is 40.9 Å². The van der Waals surface area contributed by atoms with Crippen molar-refractivity contribution in [1.82, 2.24) is 4.90 Å². The van der Waals surface area contributed by atoms with Crippen molar-refractivity contribution in [1.29, 1.82) is 0 Å². The van der Waals surface area contributed by atoms with Gasteiger partial charge in [0, 0.05) is 29.9 Å². The number of carbonyl (C=O) groups excluding carboxylic acids is 1. The molecular weight excluding hydrogens is 354 g/mol. The number of fused-ring (bicyclic) bond motifs is 1. The first-order chi connectivity index (χ1) is 9.76. The minimum atomic E-state index is -3.07. The molecule has 0 heterocycles. The predicted molar refractivity (Wildman–Crippen MR) is 88.3 cm³/mol. The van der Waals surface area contributed by atoms with Gasteiger partial charge in [0.25, 0.3) is 5.91 Å². The van der Waals surface area contributed by atoms with Gasteiger partial charge in [-0.1, -0.05) is 28.1 Å². The van der Waals surface area contributed by atoms with Crippen molar-refractivity contribution in [3.63, 3.8) is 0 Å². The summed E-state index contributed by atoms with van der Waals surface area (Å²) in [5, 5.41) is 2.01. The Kier molecular flexibility index (Phi) is 4.68. The van der Waals surface area contributed by atoms with Gasteiger partial charge >= 0.3 is 0 Å². The molecular formula is C15H16BrNO3S. The van der Waals surface area contributed by atoms with Crippen molar-refractivity contribution in [2.75, 3.05) is 25.6 Å². The summed E-state index contributed by atoms with van der Waals surface area (Å²) in [7, 11) is -1.46. The van der Waals surface area contributed by atoms with Crippen LogP contribution < -0.4 is 0 Å². The molecule has 0 aromatic heterocycles. The van der Waals surface area contributed by atoms with Gasteiger partial charge in [-0.3, -0.25) is 4.79 Å². The van der Waals surface area contributed by atoms with Gasteiger partial charge in [0.1, 0.15) is 9.84 Å². The Labute approximate surface area is 132 Å². The number of rotatable bonds is 4. The highest BCUT2D eigenvalue weighted by atomic mass is 79.9. The normalized spacial score (nSPS) is 11.6. The van der Waals surface area contributed by atoms with Gasteiger partial charge in [0.15, 0.2) is 0 Å². The van der Waals surface area contributed by atoms with Crippen LogP contribution in [0.25, 0.3) is 10.8 Å². The number of halogens is 1. The van der Waals surface area contributed by atoms with E-state index in [1.165, 1.54) is 11.2 Å². The quantitative estimate of drug-likeness (QED) is 0.832. The zero-order valence-electron chi connectivity index (χ0n) is 11.8. The Morgan fingerprint density at radius 2 is 1.76 bits per heavy atom. The lowest BCUT2D eigenvalue weighted by Gasteiger charge is -2.17. The van der Waals surface area contributed by atoms with Crippen molar-refractivity contribution >= 4 is 42.4 Å². The molecule has 112 valence electrons. The van der Waals surface area contributed by atoms with Gasteiger partial charge in [0.2, 0.25) is 0 Å². The molecule has 0 N–H and O–H groups in total. The number of sulfone groups is 1. The zero-order chi connectivity index (χ0) is 15.6. The molecule has 2 aromatic rings. The van der Waals surface area contributed by atoms with Crippen molar-refractivity contribution < 1.29 is 13.2 Å². The van der Waals surface area contributed by atoms with Crippen molar-refractivity contribution in [2.45, 2.75) is 0 Å². The van der Waals surface area contributed by atoms with Crippen LogP contribution in [0.3, 0.4) is 0 Å². The molecule has 0 spiro atoms. The molecule has 0 radical (unpaired) electrons. The molecule has 0 saturated heterocycles. The first kappa shape index (κ1) is 16.0. The maximum atomic E-state index is 12.3. The molecule has 6 heteroatoms. The molecule has 0 unspecified atom stereocenters.